The lowest BCUT2D eigenvalue weighted by Crippen LogP contribution is -2.11. The van der Waals surface area contributed by atoms with Crippen molar-refractivity contribution in [2.24, 2.45) is 0 Å². The van der Waals surface area contributed by atoms with E-state index in [2.05, 4.69) is 35.9 Å². The van der Waals surface area contributed by atoms with E-state index in [-0.39, 0.29) is 5.91 Å². The van der Waals surface area contributed by atoms with Crippen LogP contribution in [0.15, 0.2) is 67.4 Å². The molecule has 0 radical (unpaired) electrons. The Kier molecular flexibility index (Phi) is 5.76. The molecule has 0 bridgehead atoms. The smallest absolute Gasteiger partial charge is 0.267 e. The third-order valence-electron chi connectivity index (χ3n) is 4.06. The molecule has 150 valence electrons. The maximum atomic E-state index is 12.4. The van der Waals surface area contributed by atoms with Gasteiger partial charge in [-0.1, -0.05) is 23.5 Å². The van der Waals surface area contributed by atoms with Crippen LogP contribution in [0.4, 0.5) is 28.1 Å². The number of pyridine rings is 1. The molecule has 4 rings (SSSR count). The predicted molar refractivity (Wildman–Crippen MR) is 118 cm³/mol. The number of hydrogen-bond acceptors (Lipinski definition) is 9. The molecule has 0 spiro atoms. The van der Waals surface area contributed by atoms with Gasteiger partial charge in [-0.15, -0.1) is 0 Å². The lowest BCUT2D eigenvalue weighted by atomic mass is 10.2. The molecule has 0 aliphatic carbocycles. The summed E-state index contributed by atoms with van der Waals surface area (Å²) in [6.45, 7) is 0.614. The molecule has 0 fully saturated rings. The maximum Gasteiger partial charge on any atom is 0.267 e. The molecule has 4 aromatic rings. The van der Waals surface area contributed by atoms with Crippen LogP contribution in [0.1, 0.15) is 15.2 Å². The Bertz CT molecular complexity index is 1150. The number of rotatable bonds is 7. The third-order valence-corrected chi connectivity index (χ3v) is 4.98. The molecule has 0 aliphatic heterocycles. The van der Waals surface area contributed by atoms with Crippen molar-refractivity contribution in [2.75, 3.05) is 21.7 Å². The molecule has 9 nitrogen and oxygen atoms in total. The van der Waals surface area contributed by atoms with Gasteiger partial charge in [0.15, 0.2) is 5.13 Å². The van der Waals surface area contributed by atoms with Crippen LogP contribution in [0.25, 0.3) is 0 Å². The number of hydrogen-bond donors (Lipinski definition) is 4. The standard InChI is InChI=1S/C20H18N8OS/c21-14-3-1-2-4-15(14)27-19(29)16-11-24-20(30-16)28-18-9-17(25-12-26-18)23-10-13-5-7-22-8-6-13/h1-9,11-12H,10,21H2,(H,27,29)(H2,23,24,25,26,28). The Hall–Kier alpha value is -4.05. The molecule has 0 unspecified atom stereocenters. The highest BCUT2D eigenvalue weighted by atomic mass is 32.1. The number of para-hydroxylation sites is 2. The van der Waals surface area contributed by atoms with Crippen LogP contribution >= 0.6 is 11.3 Å². The van der Waals surface area contributed by atoms with Crippen LogP contribution in [-0.4, -0.2) is 25.8 Å². The average molecular weight is 418 g/mol. The number of nitrogens with zero attached hydrogens (tertiary/aromatic N) is 4. The summed E-state index contributed by atoms with van der Waals surface area (Å²) in [4.78, 5) is 29.6. The summed E-state index contributed by atoms with van der Waals surface area (Å²) < 4.78 is 0. The molecule has 0 aliphatic rings. The Morgan fingerprint density at radius 2 is 1.83 bits per heavy atom. The molecular weight excluding hydrogens is 400 g/mol. The number of thiazole rings is 1. The lowest BCUT2D eigenvalue weighted by molar-refractivity contribution is 0.103. The van der Waals surface area contributed by atoms with Crippen molar-refractivity contribution < 1.29 is 4.79 Å². The summed E-state index contributed by atoms with van der Waals surface area (Å²) in [6, 6.07) is 12.7. The van der Waals surface area contributed by atoms with E-state index in [4.69, 9.17) is 5.73 Å². The van der Waals surface area contributed by atoms with Crippen molar-refractivity contribution in [3.05, 3.63) is 77.8 Å². The fourth-order valence-corrected chi connectivity index (χ4v) is 3.28. The number of anilines is 5. The largest absolute Gasteiger partial charge is 0.397 e. The van der Waals surface area contributed by atoms with Gasteiger partial charge in [0, 0.05) is 25.0 Å². The summed E-state index contributed by atoms with van der Waals surface area (Å²) in [6.07, 6.45) is 6.44. The summed E-state index contributed by atoms with van der Waals surface area (Å²) >= 11 is 1.21. The SMILES string of the molecule is Nc1ccccc1NC(=O)c1cnc(Nc2cc(NCc3ccncc3)ncn2)s1. The van der Waals surface area contributed by atoms with Crippen molar-refractivity contribution in [3.63, 3.8) is 0 Å². The van der Waals surface area contributed by atoms with E-state index >= 15 is 0 Å². The van der Waals surface area contributed by atoms with E-state index in [1.165, 1.54) is 23.9 Å². The van der Waals surface area contributed by atoms with Gasteiger partial charge in [-0.3, -0.25) is 9.78 Å². The fraction of sp³-hybridized carbons (Fsp3) is 0.0500. The first kappa shape index (κ1) is 19.3. The second-order valence-corrected chi connectivity index (χ2v) is 7.22. The zero-order valence-electron chi connectivity index (χ0n) is 15.7. The van der Waals surface area contributed by atoms with Crippen LogP contribution < -0.4 is 21.7 Å². The summed E-state index contributed by atoms with van der Waals surface area (Å²) in [5.41, 5.74) is 8.02. The molecule has 0 atom stereocenters. The summed E-state index contributed by atoms with van der Waals surface area (Å²) in [5.74, 6) is 0.954. The van der Waals surface area contributed by atoms with Crippen molar-refractivity contribution in [3.8, 4) is 0 Å². The minimum absolute atomic E-state index is 0.277. The fourth-order valence-electron chi connectivity index (χ4n) is 2.56. The Morgan fingerprint density at radius 3 is 2.67 bits per heavy atom. The molecule has 3 heterocycles. The lowest BCUT2D eigenvalue weighted by Gasteiger charge is -2.07. The van der Waals surface area contributed by atoms with Gasteiger partial charge in [0.05, 0.1) is 17.6 Å². The van der Waals surface area contributed by atoms with Gasteiger partial charge in [-0.25, -0.2) is 15.0 Å². The van der Waals surface area contributed by atoms with Crippen molar-refractivity contribution in [2.45, 2.75) is 6.54 Å². The van der Waals surface area contributed by atoms with E-state index in [0.29, 0.717) is 39.6 Å². The van der Waals surface area contributed by atoms with E-state index in [0.717, 1.165) is 5.56 Å². The molecule has 10 heteroatoms. The number of aromatic nitrogens is 4. The first-order chi connectivity index (χ1) is 14.7. The minimum atomic E-state index is -0.277. The van der Waals surface area contributed by atoms with Crippen molar-refractivity contribution in [1.29, 1.82) is 0 Å². The normalized spacial score (nSPS) is 10.4. The highest BCUT2D eigenvalue weighted by Gasteiger charge is 2.12. The van der Waals surface area contributed by atoms with Gasteiger partial charge < -0.3 is 21.7 Å². The monoisotopic (exact) mass is 418 g/mol. The number of benzene rings is 1. The average Bonchev–Trinajstić information content (AvgIpc) is 3.23. The van der Waals surface area contributed by atoms with Crippen molar-refractivity contribution >= 4 is 45.4 Å². The van der Waals surface area contributed by atoms with Gasteiger partial charge >= 0.3 is 0 Å². The molecule has 0 saturated heterocycles. The number of nitrogens with one attached hydrogen (secondary N) is 3. The number of nitrogens with two attached hydrogens (primary N) is 1. The van der Waals surface area contributed by atoms with Crippen LogP contribution in [0.3, 0.4) is 0 Å². The molecule has 1 amide bonds. The molecule has 1 aromatic carbocycles. The molecule has 0 saturated carbocycles. The highest BCUT2D eigenvalue weighted by molar-refractivity contribution is 7.17. The second kappa shape index (κ2) is 8.97. The van der Waals surface area contributed by atoms with Gasteiger partial charge in [0.1, 0.15) is 22.8 Å². The topological polar surface area (TPSA) is 131 Å². The van der Waals surface area contributed by atoms with Gasteiger partial charge in [-0.2, -0.15) is 0 Å². The Morgan fingerprint density at radius 1 is 1.03 bits per heavy atom. The second-order valence-electron chi connectivity index (χ2n) is 6.19. The number of nitrogen functional groups attached to an aromatic ring is 1. The van der Waals surface area contributed by atoms with Gasteiger partial charge in [0.25, 0.3) is 5.91 Å². The predicted octanol–water partition coefficient (Wildman–Crippen LogP) is 3.52. The third kappa shape index (κ3) is 4.86. The van der Waals surface area contributed by atoms with Crippen LogP contribution in [-0.2, 0) is 6.54 Å². The van der Waals surface area contributed by atoms with E-state index in [1.807, 2.05) is 18.2 Å². The Balaban J connectivity index is 1.38. The number of carbonyl (C=O) groups is 1. The number of carbonyl (C=O) groups excluding carboxylic acids is 1. The van der Waals surface area contributed by atoms with Gasteiger partial charge in [0.2, 0.25) is 0 Å². The first-order valence-electron chi connectivity index (χ1n) is 9.01. The van der Waals surface area contributed by atoms with E-state index in [9.17, 15) is 4.79 Å². The zero-order valence-corrected chi connectivity index (χ0v) is 16.6. The van der Waals surface area contributed by atoms with Crippen LogP contribution in [0.2, 0.25) is 0 Å². The zero-order chi connectivity index (χ0) is 20.8. The Labute approximate surface area is 176 Å². The van der Waals surface area contributed by atoms with E-state index in [1.54, 1.807) is 36.7 Å². The minimum Gasteiger partial charge on any atom is -0.397 e. The maximum absolute atomic E-state index is 12.4. The van der Waals surface area contributed by atoms with E-state index < -0.39 is 0 Å². The molecular formula is C20H18N8OS. The molecule has 3 aromatic heterocycles. The quantitative estimate of drug-likeness (QED) is 0.335. The van der Waals surface area contributed by atoms with Crippen LogP contribution in [0.5, 0.6) is 0 Å². The number of amides is 1. The molecule has 30 heavy (non-hydrogen) atoms. The van der Waals surface area contributed by atoms with Gasteiger partial charge in [-0.05, 0) is 29.8 Å². The van der Waals surface area contributed by atoms with Crippen LogP contribution in [0, 0.1) is 0 Å². The first-order valence-corrected chi connectivity index (χ1v) is 9.82. The highest BCUT2D eigenvalue weighted by Crippen LogP contribution is 2.24. The molecule has 5 N–H and O–H groups in total. The summed E-state index contributed by atoms with van der Waals surface area (Å²) in [5, 5.41) is 9.65. The van der Waals surface area contributed by atoms with Crippen molar-refractivity contribution in [1.82, 2.24) is 19.9 Å². The summed E-state index contributed by atoms with van der Waals surface area (Å²) in [7, 11) is 0.